The summed E-state index contributed by atoms with van der Waals surface area (Å²) in [4.78, 5) is 0. The number of hydrogen-bond donors (Lipinski definition) is 0. The fourth-order valence-electron chi connectivity index (χ4n) is 2.94. The van der Waals surface area contributed by atoms with Crippen LogP contribution in [-0.4, -0.2) is 39.3 Å². The van der Waals surface area contributed by atoms with Crippen LogP contribution in [0.3, 0.4) is 0 Å². The highest BCUT2D eigenvalue weighted by Gasteiger charge is 2.82. The third kappa shape index (κ3) is 3.96. The second kappa shape index (κ2) is 7.37. The monoisotopic (exact) mass is 434 g/mol. The molecule has 0 rings (SSSR count). The van der Waals surface area contributed by atoms with E-state index in [1.54, 1.807) is 13.1 Å². The topological polar surface area (TPSA) is 9.23 Å². The van der Waals surface area contributed by atoms with Crippen molar-refractivity contribution in [2.45, 2.75) is 88.5 Å². The van der Waals surface area contributed by atoms with Gasteiger partial charge < -0.3 is 4.74 Å². The molecule has 2 atom stereocenters. The first-order chi connectivity index (χ1) is 11.6. The summed E-state index contributed by atoms with van der Waals surface area (Å²) in [6.07, 6.45) is -11.4. The Hall–Kier alpha value is -0.546. The van der Waals surface area contributed by atoms with E-state index in [0.29, 0.717) is 0 Å². The Morgan fingerprint density at radius 2 is 1.19 bits per heavy atom. The molecule has 0 aromatic heterocycles. The van der Waals surface area contributed by atoms with Gasteiger partial charge in [0.25, 0.3) is 5.67 Å². The number of rotatable bonds is 9. The minimum atomic E-state index is -5.84. The van der Waals surface area contributed by atoms with Gasteiger partial charge in [0.1, 0.15) is 8.07 Å². The van der Waals surface area contributed by atoms with Gasteiger partial charge in [-0.05, 0) is 20.3 Å². The maximum absolute atomic E-state index is 15.8. The van der Waals surface area contributed by atoms with Gasteiger partial charge in [-0.25, -0.2) is 4.39 Å². The molecule has 1 nitrogen and oxygen atoms in total. The molecule has 0 aromatic rings. The fraction of sp³-hybridized carbons (Fsp3) is 0.778. The van der Waals surface area contributed by atoms with Gasteiger partial charge in [0.05, 0.1) is 13.3 Å². The predicted octanol–water partition coefficient (Wildman–Crippen LogP) is 7.22. The highest BCUT2D eigenvalue weighted by Crippen LogP contribution is 2.65. The summed E-state index contributed by atoms with van der Waals surface area (Å²) in [6.45, 7) is 17.8. The van der Waals surface area contributed by atoms with Crippen molar-refractivity contribution in [2.24, 2.45) is 0 Å². The third-order valence-corrected chi connectivity index (χ3v) is 15.4. The van der Waals surface area contributed by atoms with Gasteiger partial charge in [0, 0.05) is 5.04 Å². The largest absolute Gasteiger partial charge is 0.431 e. The lowest BCUT2D eigenvalue weighted by molar-refractivity contribution is -0.405. The molecule has 0 N–H and O–H groups in total. The van der Waals surface area contributed by atoms with Crippen molar-refractivity contribution < 1.29 is 31.1 Å². The molecule has 27 heavy (non-hydrogen) atoms. The van der Waals surface area contributed by atoms with Gasteiger partial charge >= 0.3 is 12.3 Å². The zero-order valence-corrected chi connectivity index (χ0v) is 19.5. The molecule has 0 heterocycles. The average molecular weight is 435 g/mol. The summed E-state index contributed by atoms with van der Waals surface area (Å²) < 4.78 is 92.6. The van der Waals surface area contributed by atoms with Crippen molar-refractivity contribution in [3.8, 4) is 0 Å². The Balaban J connectivity index is 6.79. The zero-order valence-electron chi connectivity index (χ0n) is 17.5. The van der Waals surface area contributed by atoms with Gasteiger partial charge in [-0.15, -0.1) is 18.9 Å². The molecule has 0 aliphatic heterocycles. The van der Waals surface area contributed by atoms with Crippen LogP contribution in [0.5, 0.6) is 0 Å². The molecule has 2 unspecified atom stereocenters. The van der Waals surface area contributed by atoms with Crippen molar-refractivity contribution in [2.75, 3.05) is 0 Å². The summed E-state index contributed by atoms with van der Waals surface area (Å²) in [7, 11) is -6.07. The second-order valence-corrected chi connectivity index (χ2v) is 18.8. The predicted molar refractivity (Wildman–Crippen MR) is 104 cm³/mol. The van der Waals surface area contributed by atoms with Gasteiger partial charge in [-0.3, -0.25) is 0 Å². The fourth-order valence-corrected chi connectivity index (χ4v) is 6.36. The van der Waals surface area contributed by atoms with E-state index in [-0.39, 0.29) is 0 Å². The van der Waals surface area contributed by atoms with Gasteiger partial charge in [-0.1, -0.05) is 45.7 Å². The molecule has 9 heteroatoms. The number of hydrogen-bond acceptors (Lipinski definition) is 1. The maximum Gasteiger partial charge on any atom is 0.431 e. The van der Waals surface area contributed by atoms with Gasteiger partial charge in [-0.2, -0.15) is 22.0 Å². The van der Waals surface area contributed by atoms with E-state index in [0.717, 1.165) is 6.92 Å². The van der Waals surface area contributed by atoms with Gasteiger partial charge in [0.15, 0.2) is 0 Å². The molecular formula is C18H32F6OSi2. The van der Waals surface area contributed by atoms with Crippen LogP contribution in [0.4, 0.5) is 26.3 Å². The van der Waals surface area contributed by atoms with Crippen LogP contribution in [0.1, 0.15) is 34.1 Å². The van der Waals surface area contributed by atoms with Crippen molar-refractivity contribution in [1.29, 1.82) is 0 Å². The summed E-state index contributed by atoms with van der Waals surface area (Å²) in [5.74, 6) is 0. The Kier molecular flexibility index (Phi) is 7.22. The van der Waals surface area contributed by atoms with E-state index in [1.807, 2.05) is 0 Å². The lowest BCUT2D eigenvalue weighted by Crippen LogP contribution is -2.70. The van der Waals surface area contributed by atoms with Crippen molar-refractivity contribution >= 4 is 16.1 Å². The maximum atomic E-state index is 15.8. The summed E-state index contributed by atoms with van der Waals surface area (Å²) in [5, 5.41) is -4.09. The van der Waals surface area contributed by atoms with Crippen LogP contribution >= 0.6 is 0 Å². The van der Waals surface area contributed by atoms with E-state index in [1.165, 1.54) is 45.3 Å². The first-order valence-corrected chi connectivity index (χ1v) is 14.9. The molecular weight excluding hydrogens is 402 g/mol. The molecule has 0 aliphatic carbocycles. The van der Waals surface area contributed by atoms with E-state index in [2.05, 4.69) is 13.2 Å². The summed E-state index contributed by atoms with van der Waals surface area (Å²) in [6, 6.07) is 0. The lowest BCUT2D eigenvalue weighted by Gasteiger charge is -2.54. The van der Waals surface area contributed by atoms with Crippen molar-refractivity contribution in [1.82, 2.24) is 0 Å². The number of ether oxygens (including phenoxy) is 1. The minimum Gasteiger partial charge on any atom is -0.315 e. The SMILES string of the molecule is C=C[Si](C)(C)C(C)(C)OC(F)(F)C(F)(C(F)(F)F)C(C)(CC)[Si](C)(C)C=C. The Morgan fingerprint density at radius 1 is 0.815 bits per heavy atom. The first-order valence-electron chi connectivity index (χ1n) is 8.75. The second-order valence-electron chi connectivity index (χ2n) is 8.82. The van der Waals surface area contributed by atoms with Crippen molar-refractivity contribution in [3.63, 3.8) is 0 Å². The Morgan fingerprint density at radius 3 is 1.44 bits per heavy atom. The smallest absolute Gasteiger partial charge is 0.315 e. The quantitative estimate of drug-likeness (QED) is 0.275. The van der Waals surface area contributed by atoms with E-state index >= 15 is 13.2 Å². The molecule has 0 saturated heterocycles. The van der Waals surface area contributed by atoms with E-state index < -0.39 is 50.8 Å². The lowest BCUT2D eigenvalue weighted by atomic mass is 9.85. The van der Waals surface area contributed by atoms with Crippen LogP contribution in [0, 0.1) is 0 Å². The molecule has 0 fully saturated rings. The Bertz CT molecular complexity index is 571. The third-order valence-electron chi connectivity index (χ3n) is 6.64. The number of alkyl halides is 6. The molecule has 0 spiro atoms. The van der Waals surface area contributed by atoms with E-state index in [9.17, 15) is 13.2 Å². The molecule has 0 bridgehead atoms. The van der Waals surface area contributed by atoms with E-state index in [4.69, 9.17) is 4.74 Å². The van der Waals surface area contributed by atoms with Gasteiger partial charge in [0.2, 0.25) is 0 Å². The summed E-state index contributed by atoms with van der Waals surface area (Å²) in [5.41, 5.74) is -2.24. The highest BCUT2D eigenvalue weighted by molar-refractivity contribution is 6.85. The molecule has 0 aromatic carbocycles. The molecule has 0 radical (unpaired) electrons. The Labute approximate surface area is 160 Å². The molecule has 0 aliphatic rings. The molecule has 0 saturated carbocycles. The average Bonchev–Trinajstić information content (AvgIpc) is 2.50. The zero-order chi connectivity index (χ0) is 22.3. The molecule has 160 valence electrons. The van der Waals surface area contributed by atoms with Crippen molar-refractivity contribution in [3.05, 3.63) is 24.6 Å². The standard InChI is InChI=1S/C18H32F6OSi2/c1-11-15(6,27(9,10)13-3)16(19,17(20,21)22)18(23,24)25-14(4,5)26(7,8)12-2/h12-13H,2-3,11H2,1,4-10H3. The number of halogens is 6. The highest BCUT2D eigenvalue weighted by atomic mass is 28.3. The van der Waals surface area contributed by atoms with Crippen LogP contribution < -0.4 is 0 Å². The van der Waals surface area contributed by atoms with Crippen LogP contribution in [0.25, 0.3) is 0 Å². The van der Waals surface area contributed by atoms with Crippen LogP contribution in [-0.2, 0) is 4.74 Å². The minimum absolute atomic E-state index is 0.449. The van der Waals surface area contributed by atoms with Crippen LogP contribution in [0.15, 0.2) is 24.6 Å². The first kappa shape index (κ1) is 26.5. The molecule has 0 amide bonds. The summed E-state index contributed by atoms with van der Waals surface area (Å²) >= 11 is 0. The van der Waals surface area contributed by atoms with Crippen LogP contribution in [0.2, 0.25) is 31.2 Å². The normalized spacial score (nSPS) is 19.2.